The Balaban J connectivity index is 1.54. The van der Waals surface area contributed by atoms with Crippen LogP contribution in [0.4, 0.5) is 11.4 Å². The summed E-state index contributed by atoms with van der Waals surface area (Å²) < 4.78 is 11.0. The second-order valence-electron chi connectivity index (χ2n) is 6.01. The van der Waals surface area contributed by atoms with Crippen molar-refractivity contribution >= 4 is 34.3 Å². The quantitative estimate of drug-likeness (QED) is 0.784. The fraction of sp³-hybridized carbons (Fsp3) is 0.211. The Kier molecular flexibility index (Phi) is 4.04. The molecule has 3 aromatic rings. The van der Waals surface area contributed by atoms with Crippen molar-refractivity contribution in [3.8, 4) is 5.75 Å². The van der Waals surface area contributed by atoms with Crippen molar-refractivity contribution in [2.75, 3.05) is 23.4 Å². The van der Waals surface area contributed by atoms with Gasteiger partial charge in [-0.2, -0.15) is 0 Å². The highest BCUT2D eigenvalue weighted by Crippen LogP contribution is 2.30. The van der Waals surface area contributed by atoms with Crippen LogP contribution in [0, 0.1) is 6.92 Å². The van der Waals surface area contributed by atoms with Crippen molar-refractivity contribution in [2.45, 2.75) is 13.3 Å². The highest BCUT2D eigenvalue weighted by Gasteiger charge is 2.25. The maximum absolute atomic E-state index is 12.5. The third kappa shape index (κ3) is 3.11. The highest BCUT2D eigenvalue weighted by atomic mass is 16.5. The Hall–Kier alpha value is -3.35. The molecule has 1 aliphatic rings. The molecule has 1 N–H and O–H groups in total. The molecule has 0 aliphatic carbocycles. The largest absolute Gasteiger partial charge is 0.491 e. The number of anilines is 2. The van der Waals surface area contributed by atoms with Gasteiger partial charge in [-0.15, -0.1) is 0 Å². The first kappa shape index (κ1) is 16.1. The summed E-state index contributed by atoms with van der Waals surface area (Å²) >= 11 is 0. The van der Waals surface area contributed by atoms with Gasteiger partial charge in [0.2, 0.25) is 11.8 Å². The number of carbonyl (C=O) groups is 2. The van der Waals surface area contributed by atoms with Crippen molar-refractivity contribution in [3.05, 3.63) is 48.4 Å². The van der Waals surface area contributed by atoms with E-state index >= 15 is 0 Å². The molecule has 7 heteroatoms. The van der Waals surface area contributed by atoms with Crippen LogP contribution in [0.3, 0.4) is 0 Å². The number of carbonyl (C=O) groups excluding carboxylic acids is 2. The van der Waals surface area contributed by atoms with Crippen LogP contribution in [0.15, 0.2) is 46.9 Å². The van der Waals surface area contributed by atoms with Crippen LogP contribution in [0.5, 0.6) is 5.75 Å². The van der Waals surface area contributed by atoms with Crippen LogP contribution < -0.4 is 15.0 Å². The van der Waals surface area contributed by atoms with Crippen LogP contribution in [0.2, 0.25) is 0 Å². The Labute approximate surface area is 149 Å². The van der Waals surface area contributed by atoms with E-state index in [1.54, 1.807) is 37.3 Å². The topological polar surface area (TPSA) is 84.7 Å². The number of ether oxygens (including phenoxy) is 1. The van der Waals surface area contributed by atoms with Crippen molar-refractivity contribution in [3.63, 3.8) is 0 Å². The number of nitrogens with zero attached hydrogens (tertiary/aromatic N) is 2. The normalized spacial score (nSPS) is 13.9. The molecule has 2 aromatic carbocycles. The lowest BCUT2D eigenvalue weighted by molar-refractivity contribution is -0.121. The lowest BCUT2D eigenvalue weighted by Crippen LogP contribution is -2.37. The first-order valence-corrected chi connectivity index (χ1v) is 8.29. The van der Waals surface area contributed by atoms with Crippen LogP contribution in [-0.4, -0.2) is 29.9 Å². The third-order valence-corrected chi connectivity index (χ3v) is 4.11. The van der Waals surface area contributed by atoms with Crippen LogP contribution >= 0.6 is 0 Å². The molecule has 0 unspecified atom stereocenters. The standard InChI is InChI=1S/C19H17N3O4/c1-12-20-14-10-13(6-7-16(14)26-12)21-18(23)11-22-15-4-2-3-5-17(15)25-9-8-19(22)24/h2-7,10H,8-9,11H2,1H3,(H,21,23). The molecule has 4 rings (SSSR count). The Bertz CT molecular complexity index is 995. The van der Waals surface area contributed by atoms with E-state index < -0.39 is 0 Å². The lowest BCUT2D eigenvalue weighted by Gasteiger charge is -2.21. The number of amides is 2. The zero-order valence-electron chi connectivity index (χ0n) is 14.2. The predicted molar refractivity (Wildman–Crippen MR) is 96.3 cm³/mol. The van der Waals surface area contributed by atoms with Gasteiger partial charge < -0.3 is 14.5 Å². The molecule has 0 saturated heterocycles. The van der Waals surface area contributed by atoms with E-state index in [1.807, 2.05) is 12.1 Å². The van der Waals surface area contributed by atoms with E-state index in [2.05, 4.69) is 10.3 Å². The Morgan fingerprint density at radius 1 is 1.27 bits per heavy atom. The van der Waals surface area contributed by atoms with Crippen molar-refractivity contribution < 1.29 is 18.7 Å². The molecule has 0 saturated carbocycles. The second kappa shape index (κ2) is 6.51. The Morgan fingerprint density at radius 2 is 2.12 bits per heavy atom. The SMILES string of the molecule is Cc1nc2cc(NC(=O)CN3C(=O)CCOc4ccccc43)ccc2o1. The minimum absolute atomic E-state index is 0.0882. The third-order valence-electron chi connectivity index (χ3n) is 4.11. The summed E-state index contributed by atoms with van der Waals surface area (Å²) in [4.78, 5) is 30.6. The smallest absolute Gasteiger partial charge is 0.244 e. The molecule has 26 heavy (non-hydrogen) atoms. The van der Waals surface area contributed by atoms with Gasteiger partial charge in [0.25, 0.3) is 0 Å². The number of para-hydroxylation sites is 2. The number of oxazole rings is 1. The molecule has 7 nitrogen and oxygen atoms in total. The molecule has 0 spiro atoms. The number of fused-ring (bicyclic) bond motifs is 2. The van der Waals surface area contributed by atoms with Gasteiger partial charge in [-0.3, -0.25) is 14.5 Å². The maximum atomic E-state index is 12.5. The second-order valence-corrected chi connectivity index (χ2v) is 6.01. The van der Waals surface area contributed by atoms with Crippen LogP contribution in [0.1, 0.15) is 12.3 Å². The minimum Gasteiger partial charge on any atom is -0.491 e. The van der Waals surface area contributed by atoms with Gasteiger partial charge in [-0.25, -0.2) is 4.98 Å². The van der Waals surface area contributed by atoms with Gasteiger partial charge in [0.15, 0.2) is 11.5 Å². The van der Waals surface area contributed by atoms with E-state index in [4.69, 9.17) is 9.15 Å². The lowest BCUT2D eigenvalue weighted by atomic mass is 10.2. The summed E-state index contributed by atoms with van der Waals surface area (Å²) in [6.45, 7) is 1.98. The fourth-order valence-corrected chi connectivity index (χ4v) is 2.96. The molecular weight excluding hydrogens is 334 g/mol. The molecule has 1 aliphatic heterocycles. The van der Waals surface area contributed by atoms with Crippen LogP contribution in [-0.2, 0) is 9.59 Å². The van der Waals surface area contributed by atoms with Crippen molar-refractivity contribution in [2.24, 2.45) is 0 Å². The van der Waals surface area contributed by atoms with Gasteiger partial charge in [0.05, 0.1) is 18.7 Å². The van der Waals surface area contributed by atoms with Gasteiger partial charge in [-0.1, -0.05) is 12.1 Å². The van der Waals surface area contributed by atoms with E-state index in [1.165, 1.54) is 4.90 Å². The summed E-state index contributed by atoms with van der Waals surface area (Å²) in [5.74, 6) is 0.725. The van der Waals surface area contributed by atoms with Gasteiger partial charge in [-0.05, 0) is 30.3 Å². The molecule has 1 aromatic heterocycles. The number of rotatable bonds is 3. The molecule has 0 atom stereocenters. The summed E-state index contributed by atoms with van der Waals surface area (Å²) in [5.41, 5.74) is 2.54. The van der Waals surface area contributed by atoms with E-state index in [-0.39, 0.29) is 24.8 Å². The van der Waals surface area contributed by atoms with Gasteiger partial charge in [0.1, 0.15) is 17.8 Å². The van der Waals surface area contributed by atoms with Crippen molar-refractivity contribution in [1.29, 1.82) is 0 Å². The molecule has 132 valence electrons. The molecule has 0 radical (unpaired) electrons. The number of aromatic nitrogens is 1. The first-order chi connectivity index (χ1) is 12.6. The van der Waals surface area contributed by atoms with Gasteiger partial charge >= 0.3 is 0 Å². The summed E-state index contributed by atoms with van der Waals surface area (Å²) in [5, 5.41) is 2.81. The number of benzene rings is 2. The number of hydrogen-bond donors (Lipinski definition) is 1. The molecular formula is C19H17N3O4. The summed E-state index contributed by atoms with van der Waals surface area (Å²) in [6.07, 6.45) is 0.228. The average Bonchev–Trinajstić information content (AvgIpc) is 2.91. The summed E-state index contributed by atoms with van der Waals surface area (Å²) in [7, 11) is 0. The first-order valence-electron chi connectivity index (χ1n) is 8.29. The van der Waals surface area contributed by atoms with Gasteiger partial charge in [0, 0.05) is 12.6 Å². The van der Waals surface area contributed by atoms with E-state index in [0.717, 1.165) is 0 Å². The maximum Gasteiger partial charge on any atom is 0.244 e. The molecule has 2 heterocycles. The Morgan fingerprint density at radius 3 is 3.00 bits per heavy atom. The van der Waals surface area contributed by atoms with E-state index in [0.29, 0.717) is 40.7 Å². The summed E-state index contributed by atoms with van der Waals surface area (Å²) in [6, 6.07) is 12.5. The zero-order valence-corrected chi connectivity index (χ0v) is 14.2. The monoisotopic (exact) mass is 351 g/mol. The highest BCUT2D eigenvalue weighted by molar-refractivity contribution is 6.04. The minimum atomic E-state index is -0.297. The van der Waals surface area contributed by atoms with Crippen LogP contribution in [0.25, 0.3) is 11.1 Å². The predicted octanol–water partition coefficient (Wildman–Crippen LogP) is 2.89. The van der Waals surface area contributed by atoms with Crippen molar-refractivity contribution in [1.82, 2.24) is 4.98 Å². The van der Waals surface area contributed by atoms with E-state index in [9.17, 15) is 9.59 Å². The molecule has 2 amide bonds. The number of aryl methyl sites for hydroxylation is 1. The fourth-order valence-electron chi connectivity index (χ4n) is 2.96. The zero-order chi connectivity index (χ0) is 18.1. The molecule has 0 bridgehead atoms. The molecule has 0 fully saturated rings. The average molecular weight is 351 g/mol. The number of nitrogens with one attached hydrogen (secondary N) is 1. The number of hydrogen-bond acceptors (Lipinski definition) is 5.